The maximum atomic E-state index is 12.1. The highest BCUT2D eigenvalue weighted by Crippen LogP contribution is 2.32. The molecule has 29 heavy (non-hydrogen) atoms. The third kappa shape index (κ3) is 3.86. The van der Waals surface area contributed by atoms with Gasteiger partial charge in [0.25, 0.3) is 0 Å². The van der Waals surface area contributed by atoms with Crippen LogP contribution in [0, 0.1) is 11.3 Å². The Morgan fingerprint density at radius 2 is 2.07 bits per heavy atom. The van der Waals surface area contributed by atoms with Gasteiger partial charge >= 0.3 is 5.97 Å². The molecule has 0 fully saturated rings. The van der Waals surface area contributed by atoms with Crippen molar-refractivity contribution >= 4 is 55.1 Å². The molecule has 7 heteroatoms. The first-order valence-electron chi connectivity index (χ1n) is 8.55. The Morgan fingerprint density at radius 3 is 2.83 bits per heavy atom. The third-order valence-electron chi connectivity index (χ3n) is 4.21. The van der Waals surface area contributed by atoms with Gasteiger partial charge in [-0.2, -0.15) is 5.26 Å². The SMILES string of the molecule is COC(=O)c1cc(Br)ccc1-c1ccc(C=C(C#N)c2nc3ccccc3s2)o1. The zero-order valence-electron chi connectivity index (χ0n) is 15.2. The summed E-state index contributed by atoms with van der Waals surface area (Å²) in [6.07, 6.45) is 1.65. The monoisotopic (exact) mass is 464 g/mol. The number of allylic oxidation sites excluding steroid dienone is 1. The fourth-order valence-corrected chi connectivity index (χ4v) is 4.15. The van der Waals surface area contributed by atoms with Gasteiger partial charge in [-0.1, -0.05) is 28.1 Å². The second-order valence-electron chi connectivity index (χ2n) is 6.04. The van der Waals surface area contributed by atoms with Crippen LogP contribution in [-0.2, 0) is 4.74 Å². The number of methoxy groups -OCH3 is 1. The van der Waals surface area contributed by atoms with Gasteiger partial charge in [0, 0.05) is 16.1 Å². The van der Waals surface area contributed by atoms with Crippen LogP contribution in [0.1, 0.15) is 21.1 Å². The van der Waals surface area contributed by atoms with Crippen LogP contribution in [0.5, 0.6) is 0 Å². The summed E-state index contributed by atoms with van der Waals surface area (Å²) in [6.45, 7) is 0. The minimum Gasteiger partial charge on any atom is -0.465 e. The van der Waals surface area contributed by atoms with Crippen molar-refractivity contribution in [3.05, 3.63) is 75.4 Å². The number of furan rings is 1. The molecule has 0 aliphatic heterocycles. The van der Waals surface area contributed by atoms with Gasteiger partial charge in [-0.05, 0) is 42.5 Å². The number of fused-ring (bicyclic) bond motifs is 1. The maximum absolute atomic E-state index is 12.1. The van der Waals surface area contributed by atoms with Crippen LogP contribution in [0.2, 0.25) is 0 Å². The van der Waals surface area contributed by atoms with Crippen LogP contribution < -0.4 is 0 Å². The van der Waals surface area contributed by atoms with Crippen molar-refractivity contribution in [3.63, 3.8) is 0 Å². The second-order valence-corrected chi connectivity index (χ2v) is 7.99. The van der Waals surface area contributed by atoms with E-state index in [0.717, 1.165) is 14.7 Å². The number of aromatic nitrogens is 1. The van der Waals surface area contributed by atoms with E-state index in [1.165, 1.54) is 18.4 Å². The van der Waals surface area contributed by atoms with E-state index in [2.05, 4.69) is 27.0 Å². The molecule has 2 heterocycles. The molecule has 0 atom stereocenters. The summed E-state index contributed by atoms with van der Waals surface area (Å²) in [4.78, 5) is 16.6. The topological polar surface area (TPSA) is 76.1 Å². The molecule has 0 aliphatic carbocycles. The number of carbonyl (C=O) groups excluding carboxylic acids is 1. The first-order chi connectivity index (χ1) is 14.1. The van der Waals surface area contributed by atoms with Gasteiger partial charge in [0.15, 0.2) is 0 Å². The lowest BCUT2D eigenvalue weighted by Crippen LogP contribution is -2.03. The zero-order valence-corrected chi connectivity index (χ0v) is 17.6. The van der Waals surface area contributed by atoms with E-state index in [9.17, 15) is 10.1 Å². The predicted molar refractivity (Wildman–Crippen MR) is 116 cm³/mol. The second kappa shape index (κ2) is 8.03. The summed E-state index contributed by atoms with van der Waals surface area (Å²) in [7, 11) is 1.33. The molecule has 4 rings (SSSR count). The molecule has 0 amide bonds. The first kappa shape index (κ1) is 19.1. The Balaban J connectivity index is 1.72. The largest absolute Gasteiger partial charge is 0.465 e. The van der Waals surface area contributed by atoms with Crippen LogP contribution >= 0.6 is 27.3 Å². The Hall–Kier alpha value is -3.21. The molecule has 0 radical (unpaired) electrons. The zero-order chi connectivity index (χ0) is 20.4. The lowest BCUT2D eigenvalue weighted by atomic mass is 10.1. The number of benzene rings is 2. The smallest absolute Gasteiger partial charge is 0.338 e. The highest BCUT2D eigenvalue weighted by atomic mass is 79.9. The summed E-state index contributed by atoms with van der Waals surface area (Å²) in [6, 6.07) is 18.7. The van der Waals surface area contributed by atoms with E-state index in [1.54, 1.807) is 30.3 Å². The predicted octanol–water partition coefficient (Wildman–Crippen LogP) is 6.17. The summed E-state index contributed by atoms with van der Waals surface area (Å²) in [5, 5.41) is 10.2. The minimum absolute atomic E-state index is 0.387. The number of hydrogen-bond donors (Lipinski definition) is 0. The molecule has 2 aromatic heterocycles. The van der Waals surface area contributed by atoms with E-state index in [-0.39, 0.29) is 0 Å². The van der Waals surface area contributed by atoms with E-state index in [4.69, 9.17) is 9.15 Å². The molecule has 4 aromatic rings. The molecule has 0 saturated carbocycles. The summed E-state index contributed by atoms with van der Waals surface area (Å²) >= 11 is 4.82. The van der Waals surface area contributed by atoms with Crippen molar-refractivity contribution in [2.24, 2.45) is 0 Å². The van der Waals surface area contributed by atoms with Crippen molar-refractivity contribution in [2.75, 3.05) is 7.11 Å². The fourth-order valence-electron chi connectivity index (χ4n) is 2.86. The molecule has 0 aliphatic rings. The molecule has 0 bridgehead atoms. The summed E-state index contributed by atoms with van der Waals surface area (Å²) in [5.41, 5.74) is 2.26. The van der Waals surface area contributed by atoms with Gasteiger partial charge in [0.2, 0.25) is 0 Å². The van der Waals surface area contributed by atoms with Crippen molar-refractivity contribution in [1.29, 1.82) is 5.26 Å². The van der Waals surface area contributed by atoms with Crippen molar-refractivity contribution in [2.45, 2.75) is 0 Å². The minimum atomic E-state index is -0.456. The summed E-state index contributed by atoms with van der Waals surface area (Å²) in [5.74, 6) is 0.544. The number of para-hydroxylation sites is 1. The van der Waals surface area contributed by atoms with Gasteiger partial charge in [-0.15, -0.1) is 11.3 Å². The highest BCUT2D eigenvalue weighted by molar-refractivity contribution is 9.10. The molecule has 0 spiro atoms. The number of rotatable bonds is 4. The third-order valence-corrected chi connectivity index (χ3v) is 5.77. The maximum Gasteiger partial charge on any atom is 0.338 e. The van der Waals surface area contributed by atoms with E-state index >= 15 is 0 Å². The Labute approximate surface area is 179 Å². The molecule has 5 nitrogen and oxygen atoms in total. The molecular weight excluding hydrogens is 452 g/mol. The van der Waals surface area contributed by atoms with Crippen LogP contribution in [0.15, 0.2) is 63.5 Å². The average molecular weight is 465 g/mol. The number of thiazole rings is 1. The van der Waals surface area contributed by atoms with E-state index in [1.807, 2.05) is 30.3 Å². The lowest BCUT2D eigenvalue weighted by molar-refractivity contribution is 0.0601. The normalized spacial score (nSPS) is 11.4. The summed E-state index contributed by atoms with van der Waals surface area (Å²) < 4.78 is 12.5. The molecule has 0 N–H and O–H groups in total. The number of carbonyl (C=O) groups is 1. The number of hydrogen-bond acceptors (Lipinski definition) is 6. The number of nitriles is 1. The molecule has 142 valence electrons. The number of esters is 1. The van der Waals surface area contributed by atoms with Crippen molar-refractivity contribution < 1.29 is 13.9 Å². The molecule has 2 aromatic carbocycles. The Kier molecular flexibility index (Phi) is 5.30. The molecular formula is C22H13BrN2O3S. The van der Waals surface area contributed by atoms with Gasteiger partial charge in [0.1, 0.15) is 22.6 Å². The molecule has 0 unspecified atom stereocenters. The van der Waals surface area contributed by atoms with Crippen LogP contribution in [0.4, 0.5) is 0 Å². The van der Waals surface area contributed by atoms with E-state index < -0.39 is 5.97 Å². The Bertz CT molecular complexity index is 1260. The van der Waals surface area contributed by atoms with Gasteiger partial charge < -0.3 is 9.15 Å². The standard InChI is InChI=1S/C22H13BrN2O3S/c1-27-22(26)17-11-14(23)6-8-16(17)19-9-7-15(28-19)10-13(12-24)21-25-18-4-2-3-5-20(18)29-21/h2-11H,1H3. The van der Waals surface area contributed by atoms with Crippen molar-refractivity contribution in [1.82, 2.24) is 4.98 Å². The van der Waals surface area contributed by atoms with Gasteiger partial charge in [0.05, 0.1) is 28.5 Å². The van der Waals surface area contributed by atoms with Crippen LogP contribution in [0.3, 0.4) is 0 Å². The number of ether oxygens (including phenoxy) is 1. The average Bonchev–Trinajstić information content (AvgIpc) is 3.38. The quantitative estimate of drug-likeness (QED) is 0.266. The number of nitrogens with zero attached hydrogens (tertiary/aromatic N) is 2. The van der Waals surface area contributed by atoms with Crippen LogP contribution in [0.25, 0.3) is 33.2 Å². The first-order valence-corrected chi connectivity index (χ1v) is 10.2. The Morgan fingerprint density at radius 1 is 1.24 bits per heavy atom. The fraction of sp³-hybridized carbons (Fsp3) is 0.0455. The van der Waals surface area contributed by atoms with Crippen molar-refractivity contribution in [3.8, 4) is 17.4 Å². The van der Waals surface area contributed by atoms with Gasteiger partial charge in [-0.3, -0.25) is 0 Å². The number of halogens is 1. The molecule has 0 saturated heterocycles. The lowest BCUT2D eigenvalue weighted by Gasteiger charge is -2.06. The van der Waals surface area contributed by atoms with E-state index in [0.29, 0.717) is 33.2 Å². The van der Waals surface area contributed by atoms with Gasteiger partial charge in [-0.25, -0.2) is 9.78 Å². The van der Waals surface area contributed by atoms with Crippen LogP contribution in [-0.4, -0.2) is 18.1 Å². The highest BCUT2D eigenvalue weighted by Gasteiger charge is 2.17.